The van der Waals surface area contributed by atoms with Crippen LogP contribution >= 0.6 is 0 Å². The maximum atomic E-state index is 13.6. The third kappa shape index (κ3) is 5.12. The summed E-state index contributed by atoms with van der Waals surface area (Å²) in [6, 6.07) is 20.3. The predicted molar refractivity (Wildman–Crippen MR) is 136 cm³/mol. The van der Waals surface area contributed by atoms with Crippen LogP contribution in [0.4, 0.5) is 10.1 Å². The number of anilines is 1. The molecular formula is C28H26FN3O4. The van der Waals surface area contributed by atoms with Crippen LogP contribution in [0.3, 0.4) is 0 Å². The molecule has 1 N–H and O–H groups in total. The Morgan fingerprint density at radius 3 is 2.25 bits per heavy atom. The van der Waals surface area contributed by atoms with Crippen LogP contribution in [-0.4, -0.2) is 28.8 Å². The van der Waals surface area contributed by atoms with Crippen molar-refractivity contribution in [2.24, 2.45) is 5.92 Å². The summed E-state index contributed by atoms with van der Waals surface area (Å²) >= 11 is 0. The topological polar surface area (TPSA) is 82.4 Å². The molecule has 0 aliphatic rings. The highest BCUT2D eigenvalue weighted by molar-refractivity contribution is 5.93. The van der Waals surface area contributed by atoms with Crippen LogP contribution in [0.1, 0.15) is 20.8 Å². The Morgan fingerprint density at radius 1 is 0.972 bits per heavy atom. The number of nitrogens with zero attached hydrogens (tertiary/aromatic N) is 2. The van der Waals surface area contributed by atoms with Crippen molar-refractivity contribution in [3.63, 3.8) is 0 Å². The van der Waals surface area contributed by atoms with Crippen molar-refractivity contribution >= 4 is 17.6 Å². The molecule has 4 rings (SSSR count). The highest BCUT2D eigenvalue weighted by Crippen LogP contribution is 2.43. The number of hydrogen-bond donors (Lipinski definition) is 1. The van der Waals surface area contributed by atoms with Gasteiger partial charge in [-0.15, -0.1) is 0 Å². The van der Waals surface area contributed by atoms with E-state index < -0.39 is 11.8 Å². The summed E-state index contributed by atoms with van der Waals surface area (Å²) in [7, 11) is 1.56. The van der Waals surface area contributed by atoms with Crippen LogP contribution in [0.5, 0.6) is 11.6 Å². The molecule has 8 heteroatoms. The molecule has 0 unspecified atom stereocenters. The average molecular weight is 488 g/mol. The third-order valence-corrected chi connectivity index (χ3v) is 5.48. The van der Waals surface area contributed by atoms with Gasteiger partial charge in [0.05, 0.1) is 18.4 Å². The molecule has 0 aliphatic heterocycles. The fourth-order valence-electron chi connectivity index (χ4n) is 3.69. The average Bonchev–Trinajstić information content (AvgIpc) is 3.23. The van der Waals surface area contributed by atoms with E-state index in [0.717, 1.165) is 0 Å². The fraction of sp³-hybridized carbons (Fsp3) is 0.179. The first-order chi connectivity index (χ1) is 17.3. The molecule has 0 radical (unpaired) electrons. The Kier molecular flexibility index (Phi) is 7.15. The Morgan fingerprint density at radius 2 is 1.64 bits per heavy atom. The largest absolute Gasteiger partial charge is 0.496 e. The normalized spacial score (nSPS) is 10.8. The first kappa shape index (κ1) is 24.7. The van der Waals surface area contributed by atoms with Gasteiger partial charge in [0.1, 0.15) is 17.3 Å². The lowest BCUT2D eigenvalue weighted by molar-refractivity contribution is -0.132. The van der Waals surface area contributed by atoms with Gasteiger partial charge < -0.3 is 14.8 Å². The first-order valence-corrected chi connectivity index (χ1v) is 11.4. The second-order valence-corrected chi connectivity index (χ2v) is 8.43. The summed E-state index contributed by atoms with van der Waals surface area (Å²) in [5.41, 5.74) is 3.57. The van der Waals surface area contributed by atoms with Gasteiger partial charge in [-0.2, -0.15) is 9.78 Å². The molecule has 3 aromatic carbocycles. The molecule has 4 aromatic rings. The van der Waals surface area contributed by atoms with E-state index in [2.05, 4.69) is 5.32 Å². The monoisotopic (exact) mass is 487 g/mol. The number of carbonyl (C=O) groups is 2. The van der Waals surface area contributed by atoms with E-state index in [4.69, 9.17) is 14.6 Å². The molecule has 0 saturated carbocycles. The minimum atomic E-state index is -0.535. The van der Waals surface area contributed by atoms with E-state index in [1.165, 1.54) is 23.7 Å². The molecule has 0 bridgehead atoms. The van der Waals surface area contributed by atoms with Gasteiger partial charge in [-0.1, -0.05) is 38.1 Å². The van der Waals surface area contributed by atoms with E-state index in [-0.39, 0.29) is 17.7 Å². The molecule has 0 saturated heterocycles. The number of rotatable bonds is 7. The van der Waals surface area contributed by atoms with Gasteiger partial charge in [0.15, 0.2) is 0 Å². The number of halogens is 1. The number of ether oxygens (including phenoxy) is 2. The van der Waals surface area contributed by atoms with E-state index in [0.29, 0.717) is 39.5 Å². The molecule has 0 fully saturated rings. The number of carbonyl (C=O) groups excluding carboxylic acids is 2. The predicted octanol–water partition coefficient (Wildman–Crippen LogP) is 5.87. The summed E-state index contributed by atoms with van der Waals surface area (Å²) in [4.78, 5) is 24.3. The van der Waals surface area contributed by atoms with Gasteiger partial charge in [0.2, 0.25) is 11.8 Å². The lowest BCUT2D eigenvalue weighted by Gasteiger charge is -2.12. The van der Waals surface area contributed by atoms with Crippen molar-refractivity contribution in [2.45, 2.75) is 20.8 Å². The van der Waals surface area contributed by atoms with Gasteiger partial charge in [-0.25, -0.2) is 4.39 Å². The van der Waals surface area contributed by atoms with Crippen LogP contribution in [0, 0.1) is 11.7 Å². The maximum Gasteiger partial charge on any atom is 0.309 e. The lowest BCUT2D eigenvalue weighted by Crippen LogP contribution is -2.17. The minimum absolute atomic E-state index is 0.0952. The van der Waals surface area contributed by atoms with Gasteiger partial charge in [-0.3, -0.25) is 9.59 Å². The Balaban J connectivity index is 1.95. The van der Waals surface area contributed by atoms with Crippen LogP contribution in [0.15, 0.2) is 72.8 Å². The number of methoxy groups -OCH3 is 1. The zero-order valence-corrected chi connectivity index (χ0v) is 20.4. The summed E-state index contributed by atoms with van der Waals surface area (Å²) in [6.07, 6.45) is 0. The number of hydrogen-bond acceptors (Lipinski definition) is 5. The van der Waals surface area contributed by atoms with Crippen LogP contribution in [-0.2, 0) is 9.59 Å². The van der Waals surface area contributed by atoms with Crippen molar-refractivity contribution in [3.8, 4) is 39.7 Å². The molecule has 0 atom stereocenters. The Hall–Kier alpha value is -4.46. The van der Waals surface area contributed by atoms with Crippen molar-refractivity contribution in [2.75, 3.05) is 12.4 Å². The smallest absolute Gasteiger partial charge is 0.309 e. The highest BCUT2D eigenvalue weighted by atomic mass is 19.1. The first-order valence-electron chi connectivity index (χ1n) is 11.4. The summed E-state index contributed by atoms with van der Waals surface area (Å²) in [6.45, 7) is 4.94. The molecule has 0 spiro atoms. The van der Waals surface area contributed by atoms with Gasteiger partial charge in [0, 0.05) is 24.1 Å². The fourth-order valence-corrected chi connectivity index (χ4v) is 3.69. The Bertz CT molecular complexity index is 1390. The molecule has 1 heterocycles. The molecule has 36 heavy (non-hydrogen) atoms. The van der Waals surface area contributed by atoms with Crippen LogP contribution < -0.4 is 14.8 Å². The van der Waals surface area contributed by atoms with E-state index in [1.807, 2.05) is 50.2 Å². The number of esters is 1. The minimum Gasteiger partial charge on any atom is -0.496 e. The lowest BCUT2D eigenvalue weighted by atomic mass is 10.00. The highest BCUT2D eigenvalue weighted by Gasteiger charge is 2.26. The van der Waals surface area contributed by atoms with Crippen molar-refractivity contribution in [3.05, 3.63) is 78.6 Å². The number of amides is 1. The molecule has 0 aliphatic carbocycles. The second kappa shape index (κ2) is 10.4. The Labute approximate surface area is 208 Å². The number of benzene rings is 3. The number of aromatic nitrogens is 2. The summed E-state index contributed by atoms with van der Waals surface area (Å²) in [5.74, 6) is -0.434. The summed E-state index contributed by atoms with van der Waals surface area (Å²) < 4.78 is 26.4. The zero-order valence-electron chi connectivity index (χ0n) is 20.4. The van der Waals surface area contributed by atoms with E-state index in [1.54, 1.807) is 31.4 Å². The third-order valence-electron chi connectivity index (χ3n) is 5.48. The van der Waals surface area contributed by atoms with E-state index >= 15 is 0 Å². The standard InChI is InChI=1S/C28H26FN3O4/c1-17(2)27(34)30-21-13-9-19(10-14-21)25-26(23-7-5-6-8-24(23)35-4)31-32(28(25)36-18(3)33)22-15-11-20(29)12-16-22/h5-17H,1-4H3,(H,30,34). The molecule has 7 nitrogen and oxygen atoms in total. The van der Waals surface area contributed by atoms with Crippen LogP contribution in [0.25, 0.3) is 28.1 Å². The van der Waals surface area contributed by atoms with E-state index in [9.17, 15) is 14.0 Å². The summed E-state index contributed by atoms with van der Waals surface area (Å²) in [5, 5.41) is 7.65. The number of para-hydroxylation sites is 1. The molecule has 184 valence electrons. The SMILES string of the molecule is COc1ccccc1-c1nn(-c2ccc(F)cc2)c(OC(C)=O)c1-c1ccc(NC(=O)C(C)C)cc1. The van der Waals surface area contributed by atoms with Gasteiger partial charge >= 0.3 is 5.97 Å². The molecule has 1 aromatic heterocycles. The van der Waals surface area contributed by atoms with Gasteiger partial charge in [0.25, 0.3) is 0 Å². The quantitative estimate of drug-likeness (QED) is 0.330. The second-order valence-electron chi connectivity index (χ2n) is 8.43. The number of nitrogens with one attached hydrogen (secondary N) is 1. The van der Waals surface area contributed by atoms with Crippen molar-refractivity contribution in [1.82, 2.24) is 9.78 Å². The van der Waals surface area contributed by atoms with Crippen molar-refractivity contribution in [1.29, 1.82) is 0 Å². The van der Waals surface area contributed by atoms with Crippen LogP contribution in [0.2, 0.25) is 0 Å². The maximum absolute atomic E-state index is 13.6. The molecular weight excluding hydrogens is 461 g/mol. The molecule has 1 amide bonds. The zero-order chi connectivity index (χ0) is 25.8. The van der Waals surface area contributed by atoms with Crippen molar-refractivity contribution < 1.29 is 23.5 Å². The van der Waals surface area contributed by atoms with Gasteiger partial charge in [-0.05, 0) is 54.1 Å².